The maximum Gasteiger partial charge on any atom is 0.305 e. The van der Waals surface area contributed by atoms with E-state index >= 15 is 0 Å². The maximum absolute atomic E-state index is 11.6. The number of carboxylic acids is 1. The van der Waals surface area contributed by atoms with Crippen LogP contribution in [0.1, 0.15) is 19.2 Å². The van der Waals surface area contributed by atoms with E-state index in [4.69, 9.17) is 5.11 Å². The third-order valence-electron chi connectivity index (χ3n) is 2.96. The van der Waals surface area contributed by atoms with E-state index in [0.29, 0.717) is 17.4 Å². The molecule has 9 heteroatoms. The fourth-order valence-electron chi connectivity index (χ4n) is 2.01. The van der Waals surface area contributed by atoms with Gasteiger partial charge >= 0.3 is 5.97 Å². The van der Waals surface area contributed by atoms with Crippen LogP contribution in [0.25, 0.3) is 0 Å². The fourth-order valence-corrected chi connectivity index (χ4v) is 4.39. The summed E-state index contributed by atoms with van der Waals surface area (Å²) in [6.07, 6.45) is 0.493. The molecule has 0 saturated carbocycles. The summed E-state index contributed by atoms with van der Waals surface area (Å²) in [7, 11) is -3.17. The van der Waals surface area contributed by atoms with Crippen LogP contribution < -0.4 is 4.90 Å². The average Bonchev–Trinajstić information content (AvgIpc) is 2.75. The number of aromatic nitrogens is 2. The Morgan fingerprint density at radius 3 is 2.89 bits per heavy atom. The number of anilines is 1. The molecule has 0 aliphatic carbocycles. The van der Waals surface area contributed by atoms with Gasteiger partial charge in [0.2, 0.25) is 5.13 Å². The van der Waals surface area contributed by atoms with Crippen molar-refractivity contribution in [3.63, 3.8) is 0 Å². The van der Waals surface area contributed by atoms with Gasteiger partial charge in [-0.2, -0.15) is 4.37 Å². The molecule has 1 aromatic heterocycles. The van der Waals surface area contributed by atoms with Gasteiger partial charge in [0.15, 0.2) is 9.84 Å². The van der Waals surface area contributed by atoms with Crippen molar-refractivity contribution in [2.45, 2.75) is 25.8 Å². The molecule has 0 spiro atoms. The lowest BCUT2D eigenvalue weighted by atomic mass is 10.2. The molecule has 1 N–H and O–H groups in total. The number of sulfone groups is 1. The molecule has 1 unspecified atom stereocenters. The first-order valence-electron chi connectivity index (χ1n) is 5.92. The van der Waals surface area contributed by atoms with Crippen molar-refractivity contribution in [2.24, 2.45) is 0 Å². The Kier molecular flexibility index (Phi) is 4.04. The van der Waals surface area contributed by atoms with Crippen LogP contribution in [0.15, 0.2) is 0 Å². The van der Waals surface area contributed by atoms with Crippen molar-refractivity contribution in [3.8, 4) is 0 Å². The van der Waals surface area contributed by atoms with E-state index in [1.54, 1.807) is 4.90 Å². The first-order valence-corrected chi connectivity index (χ1v) is 8.52. The van der Waals surface area contributed by atoms with E-state index in [0.717, 1.165) is 0 Å². The summed E-state index contributed by atoms with van der Waals surface area (Å²) >= 11 is 1.19. The second-order valence-electron chi connectivity index (χ2n) is 4.41. The fraction of sp³-hybridized carbons (Fsp3) is 0.700. The molecule has 1 aliphatic rings. The van der Waals surface area contributed by atoms with Gasteiger partial charge in [-0.3, -0.25) is 4.79 Å². The van der Waals surface area contributed by atoms with Crippen LogP contribution in [0.4, 0.5) is 5.13 Å². The molecular weight excluding hydrogens is 290 g/mol. The normalized spacial score (nSPS) is 22.4. The van der Waals surface area contributed by atoms with E-state index in [1.165, 1.54) is 11.5 Å². The topological polar surface area (TPSA) is 100 Å². The highest BCUT2D eigenvalue weighted by Gasteiger charge is 2.34. The van der Waals surface area contributed by atoms with E-state index in [2.05, 4.69) is 9.36 Å². The Hall–Kier alpha value is -1.22. The third-order valence-corrected chi connectivity index (χ3v) is 5.45. The number of carbonyl (C=O) groups is 1. The maximum atomic E-state index is 11.6. The average molecular weight is 305 g/mol. The standard InChI is InChI=1S/C10H15N3O4S2/c1-2-8-11-10(18-12-8)13-3-4-19(16,17)6-7(13)5-9(14)15/h7H,2-6H2,1H3,(H,14,15). The minimum Gasteiger partial charge on any atom is -0.481 e. The monoisotopic (exact) mass is 305 g/mol. The Bertz CT molecular complexity index is 569. The van der Waals surface area contributed by atoms with E-state index in [1.807, 2.05) is 6.92 Å². The quantitative estimate of drug-likeness (QED) is 0.846. The largest absolute Gasteiger partial charge is 0.481 e. The van der Waals surface area contributed by atoms with Crippen molar-refractivity contribution < 1.29 is 18.3 Å². The molecule has 106 valence electrons. The second-order valence-corrected chi connectivity index (χ2v) is 7.37. The van der Waals surface area contributed by atoms with Gasteiger partial charge in [0.1, 0.15) is 5.82 Å². The van der Waals surface area contributed by atoms with Crippen LogP contribution in [0, 0.1) is 0 Å². The minimum absolute atomic E-state index is 0.0319. The van der Waals surface area contributed by atoms with Crippen LogP contribution in [-0.2, 0) is 21.1 Å². The summed E-state index contributed by atoms with van der Waals surface area (Å²) in [5.74, 6) is -0.417. The van der Waals surface area contributed by atoms with Crippen LogP contribution in [0.3, 0.4) is 0 Å². The van der Waals surface area contributed by atoms with Gasteiger partial charge in [-0.15, -0.1) is 0 Å². The highest BCUT2D eigenvalue weighted by Crippen LogP contribution is 2.25. The Balaban J connectivity index is 2.23. The summed E-state index contributed by atoms with van der Waals surface area (Å²) in [6.45, 7) is 2.21. The number of hydrogen-bond acceptors (Lipinski definition) is 7. The molecule has 0 radical (unpaired) electrons. The predicted octanol–water partition coefficient (Wildman–Crippen LogP) is 0.179. The van der Waals surface area contributed by atoms with E-state index in [-0.39, 0.29) is 24.5 Å². The lowest BCUT2D eigenvalue weighted by molar-refractivity contribution is -0.137. The molecule has 7 nitrogen and oxygen atoms in total. The van der Waals surface area contributed by atoms with E-state index < -0.39 is 21.8 Å². The molecule has 1 fully saturated rings. The first-order chi connectivity index (χ1) is 8.91. The van der Waals surface area contributed by atoms with Gasteiger partial charge < -0.3 is 10.0 Å². The molecule has 0 amide bonds. The van der Waals surface area contributed by atoms with Gasteiger partial charge in [0, 0.05) is 24.5 Å². The molecule has 0 bridgehead atoms. The summed E-state index contributed by atoms with van der Waals surface area (Å²) in [6, 6.07) is -0.561. The molecular formula is C10H15N3O4S2. The van der Waals surface area contributed by atoms with Crippen LogP contribution in [-0.4, -0.2) is 52.9 Å². The van der Waals surface area contributed by atoms with Gasteiger partial charge in [0.05, 0.1) is 24.0 Å². The number of aryl methyl sites for hydroxylation is 1. The predicted molar refractivity (Wildman–Crippen MR) is 71.3 cm³/mol. The number of hydrogen-bond donors (Lipinski definition) is 1. The Morgan fingerprint density at radius 1 is 1.58 bits per heavy atom. The Morgan fingerprint density at radius 2 is 2.32 bits per heavy atom. The highest BCUT2D eigenvalue weighted by molar-refractivity contribution is 7.91. The molecule has 1 aliphatic heterocycles. The molecule has 1 saturated heterocycles. The van der Waals surface area contributed by atoms with Crippen molar-refractivity contribution in [1.82, 2.24) is 9.36 Å². The lowest BCUT2D eigenvalue weighted by Gasteiger charge is -2.34. The molecule has 1 atom stereocenters. The van der Waals surface area contributed by atoms with Crippen molar-refractivity contribution >= 4 is 32.5 Å². The van der Waals surface area contributed by atoms with Crippen LogP contribution >= 0.6 is 11.5 Å². The zero-order valence-corrected chi connectivity index (χ0v) is 12.1. The van der Waals surface area contributed by atoms with Gasteiger partial charge in [0.25, 0.3) is 0 Å². The lowest BCUT2D eigenvalue weighted by Crippen LogP contribution is -2.49. The third kappa shape index (κ3) is 3.41. The number of rotatable bonds is 4. The SMILES string of the molecule is CCc1nsc(N2CCS(=O)(=O)CC2CC(=O)O)n1. The second kappa shape index (κ2) is 5.41. The highest BCUT2D eigenvalue weighted by atomic mass is 32.2. The number of aliphatic carboxylic acids is 1. The minimum atomic E-state index is -3.17. The summed E-state index contributed by atoms with van der Waals surface area (Å²) in [5, 5.41) is 9.51. The smallest absolute Gasteiger partial charge is 0.305 e. The molecule has 19 heavy (non-hydrogen) atoms. The number of nitrogens with zero attached hydrogens (tertiary/aromatic N) is 3. The van der Waals surface area contributed by atoms with E-state index in [9.17, 15) is 13.2 Å². The van der Waals surface area contributed by atoms with Crippen molar-refractivity contribution in [2.75, 3.05) is 23.0 Å². The molecule has 2 heterocycles. The van der Waals surface area contributed by atoms with Crippen molar-refractivity contribution in [1.29, 1.82) is 0 Å². The summed E-state index contributed by atoms with van der Waals surface area (Å²) < 4.78 is 27.4. The van der Waals surface area contributed by atoms with Gasteiger partial charge in [-0.05, 0) is 0 Å². The molecule has 1 aromatic rings. The molecule has 0 aromatic carbocycles. The first kappa shape index (κ1) is 14.2. The van der Waals surface area contributed by atoms with Gasteiger partial charge in [-0.1, -0.05) is 6.92 Å². The van der Waals surface area contributed by atoms with Crippen LogP contribution in [0.5, 0.6) is 0 Å². The number of carboxylic acid groups (broad SMARTS) is 1. The van der Waals surface area contributed by atoms with Crippen LogP contribution in [0.2, 0.25) is 0 Å². The molecule has 2 rings (SSSR count). The summed E-state index contributed by atoms with van der Waals surface area (Å²) in [4.78, 5) is 16.9. The van der Waals surface area contributed by atoms with Gasteiger partial charge in [-0.25, -0.2) is 13.4 Å². The van der Waals surface area contributed by atoms with Crippen molar-refractivity contribution in [3.05, 3.63) is 5.82 Å². The Labute approximate surface area is 115 Å². The zero-order valence-electron chi connectivity index (χ0n) is 10.4. The zero-order chi connectivity index (χ0) is 14.0. The summed E-state index contributed by atoms with van der Waals surface area (Å²) in [5.41, 5.74) is 0.